The Bertz CT molecular complexity index is 758. The predicted molar refractivity (Wildman–Crippen MR) is 82.8 cm³/mol. The maximum atomic E-state index is 12.1. The van der Waals surface area contributed by atoms with Gasteiger partial charge in [0.2, 0.25) is 6.79 Å². The lowest BCUT2D eigenvalue weighted by Crippen LogP contribution is -1.99. The first-order valence-corrected chi connectivity index (χ1v) is 6.95. The number of aromatic hydroxyl groups is 1. The minimum atomic E-state index is -0.108. The highest BCUT2D eigenvalue weighted by molar-refractivity contribution is 6.30. The van der Waals surface area contributed by atoms with E-state index in [2.05, 4.69) is 4.99 Å². The maximum absolute atomic E-state index is 12.1. The molecule has 0 bridgehead atoms. The number of aliphatic imine (C=N–C) groups is 1. The standard InChI is InChI=1S/C16H12ClNO4/c17-11-2-3-14(20)12(8-11)18-6-5-13(19)10-1-4-15-16(7-10)22-9-21-15/h1-4,6-8,20H,5,9H2. The van der Waals surface area contributed by atoms with Gasteiger partial charge in [-0.25, -0.2) is 0 Å². The lowest BCUT2D eigenvalue weighted by atomic mass is 10.1. The third kappa shape index (κ3) is 3.04. The largest absolute Gasteiger partial charge is 0.506 e. The Kier molecular flexibility index (Phi) is 3.98. The van der Waals surface area contributed by atoms with E-state index in [0.29, 0.717) is 27.8 Å². The van der Waals surface area contributed by atoms with E-state index in [1.54, 1.807) is 24.3 Å². The number of carbonyl (C=O) groups is 1. The van der Waals surface area contributed by atoms with Gasteiger partial charge >= 0.3 is 0 Å². The molecule has 1 N–H and O–H groups in total. The number of hydrogen-bond acceptors (Lipinski definition) is 5. The van der Waals surface area contributed by atoms with E-state index in [9.17, 15) is 9.90 Å². The van der Waals surface area contributed by atoms with E-state index in [0.717, 1.165) is 0 Å². The molecular formula is C16H12ClNO4. The van der Waals surface area contributed by atoms with Crippen molar-refractivity contribution in [3.05, 3.63) is 47.0 Å². The molecule has 0 aromatic heterocycles. The summed E-state index contributed by atoms with van der Waals surface area (Å²) in [5, 5.41) is 10.1. The van der Waals surface area contributed by atoms with Crippen LogP contribution in [0.15, 0.2) is 41.4 Å². The number of phenolic OH excluding ortho intramolecular Hbond substituents is 1. The Morgan fingerprint density at radius 1 is 1.23 bits per heavy atom. The van der Waals surface area contributed by atoms with Gasteiger partial charge in [0.05, 0.1) is 0 Å². The molecule has 1 heterocycles. The molecule has 0 atom stereocenters. The van der Waals surface area contributed by atoms with Crippen LogP contribution in [0.4, 0.5) is 5.69 Å². The normalized spacial score (nSPS) is 12.8. The monoisotopic (exact) mass is 317 g/mol. The van der Waals surface area contributed by atoms with Crippen LogP contribution in [-0.4, -0.2) is 23.9 Å². The van der Waals surface area contributed by atoms with Gasteiger partial charge in [-0.15, -0.1) is 0 Å². The summed E-state index contributed by atoms with van der Waals surface area (Å²) in [7, 11) is 0. The third-order valence-electron chi connectivity index (χ3n) is 3.14. The summed E-state index contributed by atoms with van der Waals surface area (Å²) in [6.45, 7) is 0.169. The molecule has 6 heteroatoms. The minimum absolute atomic E-state index is 0.0104. The molecule has 0 radical (unpaired) electrons. The average molecular weight is 318 g/mol. The number of rotatable bonds is 4. The van der Waals surface area contributed by atoms with Gasteiger partial charge in [0.25, 0.3) is 0 Å². The van der Waals surface area contributed by atoms with Crippen molar-refractivity contribution in [3.63, 3.8) is 0 Å². The third-order valence-corrected chi connectivity index (χ3v) is 3.37. The van der Waals surface area contributed by atoms with Crippen molar-refractivity contribution in [1.82, 2.24) is 0 Å². The number of ether oxygens (including phenoxy) is 2. The lowest BCUT2D eigenvalue weighted by molar-refractivity contribution is 0.100. The van der Waals surface area contributed by atoms with Crippen molar-refractivity contribution in [3.8, 4) is 17.2 Å². The molecule has 0 spiro atoms. The first-order valence-electron chi connectivity index (χ1n) is 6.57. The Morgan fingerprint density at radius 3 is 2.91 bits per heavy atom. The lowest BCUT2D eigenvalue weighted by Gasteiger charge is -2.01. The number of halogens is 1. The summed E-state index contributed by atoms with van der Waals surface area (Å²) >= 11 is 5.83. The SMILES string of the molecule is O=C(CC=Nc1cc(Cl)ccc1O)c1ccc2c(c1)OCO2. The number of phenols is 1. The topological polar surface area (TPSA) is 68.1 Å². The van der Waals surface area contributed by atoms with Crippen molar-refractivity contribution in [2.45, 2.75) is 6.42 Å². The molecule has 0 saturated carbocycles. The zero-order valence-electron chi connectivity index (χ0n) is 11.5. The Hall–Kier alpha value is -2.53. The molecule has 0 fully saturated rings. The highest BCUT2D eigenvalue weighted by Gasteiger charge is 2.15. The molecule has 0 saturated heterocycles. The highest BCUT2D eigenvalue weighted by atomic mass is 35.5. The van der Waals surface area contributed by atoms with Crippen LogP contribution in [0.3, 0.4) is 0 Å². The van der Waals surface area contributed by atoms with Crippen molar-refractivity contribution >= 4 is 29.3 Å². The fourth-order valence-corrected chi connectivity index (χ4v) is 2.18. The Labute approximate surface area is 131 Å². The molecule has 0 unspecified atom stereocenters. The molecule has 0 amide bonds. The zero-order chi connectivity index (χ0) is 15.5. The van der Waals surface area contributed by atoms with Gasteiger partial charge in [0.15, 0.2) is 17.3 Å². The van der Waals surface area contributed by atoms with Crippen LogP contribution in [0, 0.1) is 0 Å². The smallest absolute Gasteiger partial charge is 0.231 e. The first kappa shape index (κ1) is 14.4. The van der Waals surface area contributed by atoms with Crippen molar-refractivity contribution in [1.29, 1.82) is 0 Å². The van der Waals surface area contributed by atoms with E-state index < -0.39 is 0 Å². The molecule has 0 aliphatic carbocycles. The number of nitrogens with zero attached hydrogens (tertiary/aromatic N) is 1. The summed E-state index contributed by atoms with van der Waals surface area (Å²) in [6, 6.07) is 9.58. The second-order valence-corrected chi connectivity index (χ2v) is 5.08. The number of fused-ring (bicyclic) bond motifs is 1. The van der Waals surface area contributed by atoms with E-state index >= 15 is 0 Å². The van der Waals surface area contributed by atoms with Crippen molar-refractivity contribution in [2.24, 2.45) is 4.99 Å². The fraction of sp³-hybridized carbons (Fsp3) is 0.125. The van der Waals surface area contributed by atoms with Gasteiger partial charge < -0.3 is 14.6 Å². The van der Waals surface area contributed by atoms with Gasteiger partial charge in [0.1, 0.15) is 11.4 Å². The fourth-order valence-electron chi connectivity index (χ4n) is 2.01. The maximum Gasteiger partial charge on any atom is 0.231 e. The van der Waals surface area contributed by atoms with Crippen LogP contribution in [0.1, 0.15) is 16.8 Å². The highest BCUT2D eigenvalue weighted by Crippen LogP contribution is 2.33. The molecule has 112 valence electrons. The van der Waals surface area contributed by atoms with E-state index in [-0.39, 0.29) is 24.7 Å². The molecule has 1 aliphatic rings. The molecular weight excluding hydrogens is 306 g/mol. The quantitative estimate of drug-likeness (QED) is 0.689. The minimum Gasteiger partial charge on any atom is -0.506 e. The van der Waals surface area contributed by atoms with Crippen LogP contribution >= 0.6 is 11.6 Å². The Morgan fingerprint density at radius 2 is 2.05 bits per heavy atom. The van der Waals surface area contributed by atoms with Crippen molar-refractivity contribution < 1.29 is 19.4 Å². The second-order valence-electron chi connectivity index (χ2n) is 4.64. The molecule has 2 aromatic rings. The van der Waals surface area contributed by atoms with E-state index in [1.165, 1.54) is 18.3 Å². The number of ketones is 1. The van der Waals surface area contributed by atoms with Crippen LogP contribution in [-0.2, 0) is 0 Å². The number of Topliss-reactive ketones (excluding diaryl/α,β-unsaturated/α-hetero) is 1. The average Bonchev–Trinajstić information content (AvgIpc) is 2.98. The molecule has 2 aromatic carbocycles. The predicted octanol–water partition coefficient (Wildman–Crippen LogP) is 3.75. The van der Waals surface area contributed by atoms with Crippen LogP contribution in [0.5, 0.6) is 17.2 Å². The van der Waals surface area contributed by atoms with E-state index in [1.807, 2.05) is 0 Å². The van der Waals surface area contributed by atoms with Crippen LogP contribution in [0.2, 0.25) is 5.02 Å². The van der Waals surface area contributed by atoms with Gasteiger partial charge in [0, 0.05) is 23.2 Å². The van der Waals surface area contributed by atoms with Gasteiger partial charge in [-0.3, -0.25) is 9.79 Å². The second kappa shape index (κ2) is 6.07. The van der Waals surface area contributed by atoms with Gasteiger partial charge in [-0.05, 0) is 36.4 Å². The summed E-state index contributed by atoms with van der Waals surface area (Å²) < 4.78 is 10.4. The molecule has 5 nitrogen and oxygen atoms in total. The molecule has 3 rings (SSSR count). The number of hydrogen-bond donors (Lipinski definition) is 1. The summed E-state index contributed by atoms with van der Waals surface area (Å²) in [5.74, 6) is 1.10. The summed E-state index contributed by atoms with van der Waals surface area (Å²) in [5.41, 5.74) is 0.844. The molecule has 1 aliphatic heterocycles. The molecule has 22 heavy (non-hydrogen) atoms. The summed E-state index contributed by atoms with van der Waals surface area (Å²) in [6.07, 6.45) is 1.55. The van der Waals surface area contributed by atoms with E-state index in [4.69, 9.17) is 21.1 Å². The Balaban J connectivity index is 1.69. The van der Waals surface area contributed by atoms with Gasteiger partial charge in [-0.2, -0.15) is 0 Å². The first-order chi connectivity index (χ1) is 10.6. The van der Waals surface area contributed by atoms with Gasteiger partial charge in [-0.1, -0.05) is 11.6 Å². The zero-order valence-corrected chi connectivity index (χ0v) is 12.2. The number of carbonyl (C=O) groups excluding carboxylic acids is 1. The van der Waals surface area contributed by atoms with Crippen LogP contribution in [0.25, 0.3) is 0 Å². The van der Waals surface area contributed by atoms with Crippen molar-refractivity contribution in [2.75, 3.05) is 6.79 Å². The summed E-state index contributed by atoms with van der Waals surface area (Å²) in [4.78, 5) is 16.2. The van der Waals surface area contributed by atoms with Crippen LogP contribution < -0.4 is 9.47 Å². The number of benzene rings is 2.